The molecule has 3 rings (SSSR count). The topological polar surface area (TPSA) is 91.0 Å². The van der Waals surface area contributed by atoms with Gasteiger partial charge in [-0.05, 0) is 30.3 Å². The molecule has 3 aromatic rings. The summed E-state index contributed by atoms with van der Waals surface area (Å²) in [5.41, 5.74) is 2.34. The predicted molar refractivity (Wildman–Crippen MR) is 72.3 cm³/mol. The maximum Gasteiger partial charge on any atom is 0.358 e. The Morgan fingerprint density at radius 1 is 1.37 bits per heavy atom. The van der Waals surface area contributed by atoms with E-state index in [9.17, 15) is 9.46 Å². The summed E-state index contributed by atoms with van der Waals surface area (Å²) in [5.74, 6) is 0. The van der Waals surface area contributed by atoms with Gasteiger partial charge in [-0.25, -0.2) is 0 Å². The van der Waals surface area contributed by atoms with Crippen LogP contribution in [0.5, 0.6) is 0 Å². The van der Waals surface area contributed by atoms with Crippen LogP contribution in [-0.4, -0.2) is 27.2 Å². The number of aromatic nitrogens is 3. The van der Waals surface area contributed by atoms with Crippen LogP contribution >= 0.6 is 7.60 Å². The molecule has 0 saturated heterocycles. The maximum absolute atomic E-state index is 11.8. The normalized spacial score (nSPS) is 14.6. The van der Waals surface area contributed by atoms with Gasteiger partial charge in [0.25, 0.3) is 0 Å². The molecular formula is C12H12N3O3P. The number of aromatic amines is 2. The number of nitrogens with zero attached hydrogens (tertiary/aromatic N) is 1. The molecular weight excluding hydrogens is 265 g/mol. The Hall–Kier alpha value is -1.88. The van der Waals surface area contributed by atoms with Gasteiger partial charge in [-0.3, -0.25) is 9.66 Å². The second-order valence-corrected chi connectivity index (χ2v) is 6.01. The van der Waals surface area contributed by atoms with Gasteiger partial charge in [0.1, 0.15) is 5.69 Å². The number of nitrogens with one attached hydrogen (secondary N) is 2. The van der Waals surface area contributed by atoms with E-state index in [1.165, 1.54) is 7.11 Å². The zero-order chi connectivity index (χ0) is 13.5. The third kappa shape index (κ3) is 2.00. The summed E-state index contributed by atoms with van der Waals surface area (Å²) >= 11 is 0. The Morgan fingerprint density at radius 2 is 2.21 bits per heavy atom. The summed E-state index contributed by atoms with van der Waals surface area (Å²) < 4.78 is 16.5. The minimum Gasteiger partial charge on any atom is -0.360 e. The Balaban J connectivity index is 2.22. The fourth-order valence-corrected chi connectivity index (χ4v) is 2.73. The minimum atomic E-state index is -3.75. The first-order valence-corrected chi connectivity index (χ1v) is 7.20. The van der Waals surface area contributed by atoms with Crippen molar-refractivity contribution in [3.63, 3.8) is 0 Å². The van der Waals surface area contributed by atoms with E-state index in [-0.39, 0.29) is 5.30 Å². The molecule has 1 unspecified atom stereocenters. The highest BCUT2D eigenvalue weighted by molar-refractivity contribution is 7.61. The van der Waals surface area contributed by atoms with Gasteiger partial charge in [0.2, 0.25) is 0 Å². The van der Waals surface area contributed by atoms with Gasteiger partial charge < -0.3 is 14.4 Å². The molecule has 3 N–H and O–H groups in total. The number of benzene rings is 1. The van der Waals surface area contributed by atoms with Crippen LogP contribution in [0.2, 0.25) is 0 Å². The van der Waals surface area contributed by atoms with Crippen LogP contribution < -0.4 is 5.30 Å². The van der Waals surface area contributed by atoms with Gasteiger partial charge in [-0.2, -0.15) is 5.10 Å². The molecule has 0 saturated carbocycles. The van der Waals surface area contributed by atoms with Crippen molar-refractivity contribution in [2.75, 3.05) is 7.11 Å². The molecule has 7 heteroatoms. The average molecular weight is 277 g/mol. The Morgan fingerprint density at radius 3 is 2.89 bits per heavy atom. The van der Waals surface area contributed by atoms with Gasteiger partial charge in [0.05, 0.1) is 16.5 Å². The molecule has 0 radical (unpaired) electrons. The third-order valence-electron chi connectivity index (χ3n) is 2.97. The van der Waals surface area contributed by atoms with Crippen LogP contribution in [0, 0.1) is 0 Å². The molecule has 19 heavy (non-hydrogen) atoms. The first kappa shape index (κ1) is 12.2. The summed E-state index contributed by atoms with van der Waals surface area (Å²) in [5, 5.41) is 8.13. The smallest absolute Gasteiger partial charge is 0.358 e. The SMILES string of the molecule is COP(=O)(O)c1ccc2[nH]nc(-c3ccc[nH]3)c2c1. The molecule has 0 aliphatic rings. The van der Waals surface area contributed by atoms with Gasteiger partial charge in [0, 0.05) is 18.7 Å². The van der Waals surface area contributed by atoms with E-state index >= 15 is 0 Å². The lowest BCUT2D eigenvalue weighted by Crippen LogP contribution is -2.04. The number of fused-ring (bicyclic) bond motifs is 1. The molecule has 2 heterocycles. The van der Waals surface area contributed by atoms with E-state index in [1.807, 2.05) is 12.1 Å². The third-order valence-corrected chi connectivity index (χ3v) is 4.40. The van der Waals surface area contributed by atoms with Gasteiger partial charge in [-0.15, -0.1) is 0 Å². The number of rotatable bonds is 3. The lowest BCUT2D eigenvalue weighted by Gasteiger charge is -2.08. The standard InChI is InChI=1S/C12H12N3O3P/c1-18-19(16,17)8-4-5-10-9(7-8)12(15-14-10)11-3-2-6-13-11/h2-7,13H,1H3,(H,14,15)(H,16,17). The van der Waals surface area contributed by atoms with Crippen molar-refractivity contribution in [2.24, 2.45) is 0 Å². The Kier molecular flexibility index (Phi) is 2.78. The molecule has 0 bridgehead atoms. The number of hydrogen-bond acceptors (Lipinski definition) is 3. The molecule has 0 aliphatic heterocycles. The van der Waals surface area contributed by atoms with Crippen molar-refractivity contribution in [1.82, 2.24) is 15.2 Å². The lowest BCUT2D eigenvalue weighted by molar-refractivity contribution is 0.328. The Labute approximate surface area is 109 Å². The van der Waals surface area contributed by atoms with Gasteiger partial charge >= 0.3 is 7.60 Å². The highest BCUT2D eigenvalue weighted by Crippen LogP contribution is 2.40. The van der Waals surface area contributed by atoms with Crippen molar-refractivity contribution < 1.29 is 14.0 Å². The first-order valence-electron chi connectivity index (χ1n) is 5.63. The molecule has 0 aliphatic carbocycles. The van der Waals surface area contributed by atoms with Crippen LogP contribution in [0.15, 0.2) is 36.5 Å². The highest BCUT2D eigenvalue weighted by Gasteiger charge is 2.22. The fourth-order valence-electron chi connectivity index (χ4n) is 1.97. The van der Waals surface area contributed by atoms with Crippen LogP contribution in [-0.2, 0) is 9.09 Å². The molecule has 0 spiro atoms. The van der Waals surface area contributed by atoms with Crippen LogP contribution in [0.1, 0.15) is 0 Å². The summed E-state index contributed by atoms with van der Waals surface area (Å²) in [6.45, 7) is 0. The van der Waals surface area contributed by atoms with Crippen molar-refractivity contribution in [3.8, 4) is 11.4 Å². The van der Waals surface area contributed by atoms with Gasteiger partial charge in [-0.1, -0.05) is 0 Å². The second-order valence-electron chi connectivity index (χ2n) is 4.09. The van der Waals surface area contributed by atoms with E-state index in [1.54, 1.807) is 24.4 Å². The predicted octanol–water partition coefficient (Wildman–Crippen LogP) is 2.02. The quantitative estimate of drug-likeness (QED) is 0.639. The van der Waals surface area contributed by atoms with Crippen LogP contribution in [0.25, 0.3) is 22.3 Å². The molecule has 6 nitrogen and oxygen atoms in total. The van der Waals surface area contributed by atoms with E-state index in [0.717, 1.165) is 16.6 Å². The van der Waals surface area contributed by atoms with Crippen molar-refractivity contribution in [2.45, 2.75) is 0 Å². The molecule has 2 aromatic heterocycles. The first-order chi connectivity index (χ1) is 9.12. The zero-order valence-electron chi connectivity index (χ0n) is 10.1. The van der Waals surface area contributed by atoms with Gasteiger partial charge in [0.15, 0.2) is 0 Å². The average Bonchev–Trinajstić information content (AvgIpc) is 3.06. The number of H-pyrrole nitrogens is 2. The zero-order valence-corrected chi connectivity index (χ0v) is 11.0. The van der Waals surface area contributed by atoms with Crippen LogP contribution in [0.3, 0.4) is 0 Å². The van der Waals surface area contributed by atoms with E-state index in [0.29, 0.717) is 5.69 Å². The van der Waals surface area contributed by atoms with Crippen molar-refractivity contribution in [1.29, 1.82) is 0 Å². The molecule has 1 aromatic carbocycles. The summed E-state index contributed by atoms with van der Waals surface area (Å²) in [6.07, 6.45) is 1.80. The number of hydrogen-bond donors (Lipinski definition) is 3. The van der Waals surface area contributed by atoms with Crippen LogP contribution in [0.4, 0.5) is 0 Å². The molecule has 98 valence electrons. The van der Waals surface area contributed by atoms with E-state index in [2.05, 4.69) is 19.7 Å². The highest BCUT2D eigenvalue weighted by atomic mass is 31.2. The minimum absolute atomic E-state index is 0.247. The summed E-state index contributed by atoms with van der Waals surface area (Å²) in [4.78, 5) is 12.8. The van der Waals surface area contributed by atoms with Crippen molar-refractivity contribution in [3.05, 3.63) is 36.5 Å². The summed E-state index contributed by atoms with van der Waals surface area (Å²) in [7, 11) is -2.54. The second kappa shape index (κ2) is 4.35. The van der Waals surface area contributed by atoms with Crippen molar-refractivity contribution >= 4 is 23.8 Å². The summed E-state index contributed by atoms with van der Waals surface area (Å²) in [6, 6.07) is 8.65. The largest absolute Gasteiger partial charge is 0.360 e. The fraction of sp³-hybridized carbons (Fsp3) is 0.0833. The Bertz CT molecular complexity index is 764. The lowest BCUT2D eigenvalue weighted by atomic mass is 10.2. The monoisotopic (exact) mass is 277 g/mol. The molecule has 0 fully saturated rings. The van der Waals surface area contributed by atoms with E-state index in [4.69, 9.17) is 0 Å². The van der Waals surface area contributed by atoms with E-state index < -0.39 is 7.60 Å². The maximum atomic E-state index is 11.8. The molecule has 0 amide bonds. The molecule has 1 atom stereocenters.